The van der Waals surface area contributed by atoms with E-state index in [1.807, 2.05) is 50.2 Å². The molecule has 0 bridgehead atoms. The van der Waals surface area contributed by atoms with E-state index >= 15 is 0 Å². The van der Waals surface area contributed by atoms with E-state index in [2.05, 4.69) is 10.6 Å². The predicted molar refractivity (Wildman–Crippen MR) is 198 cm³/mol. The first-order valence-electron chi connectivity index (χ1n) is 17.4. The van der Waals surface area contributed by atoms with E-state index in [0.717, 1.165) is 22.9 Å². The third-order valence-electron chi connectivity index (χ3n) is 8.19. The van der Waals surface area contributed by atoms with E-state index in [1.165, 1.54) is 7.11 Å². The van der Waals surface area contributed by atoms with Gasteiger partial charge in [-0.2, -0.15) is 0 Å². The summed E-state index contributed by atoms with van der Waals surface area (Å²) in [6.07, 6.45) is -1.49. The number of aliphatic hydroxyl groups is 1. The Balaban J connectivity index is 1.40. The van der Waals surface area contributed by atoms with Gasteiger partial charge in [0.2, 0.25) is 11.8 Å². The third-order valence-corrected chi connectivity index (χ3v) is 10.4. The van der Waals surface area contributed by atoms with E-state index in [1.54, 1.807) is 38.1 Å². The molecule has 14 nitrogen and oxygen atoms in total. The standard InChI is InChI=1S/C37H53N2O12PS/c1-35(2)25-47-37(48-26-35,18-16-31(41)46-5)22-32(42)53-21-20-38-30(40)17-19-39-34(44)33(43)36(3,4)27-51-52(45,49-23-28-12-8-6-9-13-28)50-24-29-14-10-7-11-15-29/h6-15,33,43H,16-27H2,1-5H3,(H,38,40)(H,39,44)/t33-/m0/s1. The zero-order valence-corrected chi connectivity index (χ0v) is 32.8. The number of hydrogen-bond donors (Lipinski definition) is 3. The lowest BCUT2D eigenvalue weighted by atomic mass is 9.87. The number of benzene rings is 2. The number of phosphoric ester groups is 1. The lowest BCUT2D eigenvalue weighted by molar-refractivity contribution is -0.300. The number of esters is 1. The van der Waals surface area contributed by atoms with E-state index in [0.29, 0.717) is 13.2 Å². The van der Waals surface area contributed by atoms with Gasteiger partial charge in [-0.1, -0.05) is 100 Å². The molecule has 0 unspecified atom stereocenters. The normalized spacial score (nSPS) is 16.0. The average molecular weight is 781 g/mol. The van der Waals surface area contributed by atoms with Crippen LogP contribution in [0.5, 0.6) is 0 Å². The molecule has 1 atom stereocenters. The van der Waals surface area contributed by atoms with Crippen LogP contribution >= 0.6 is 19.6 Å². The fourth-order valence-corrected chi connectivity index (χ4v) is 6.91. The van der Waals surface area contributed by atoms with Gasteiger partial charge in [-0.15, -0.1) is 0 Å². The van der Waals surface area contributed by atoms with E-state index < -0.39 is 37.0 Å². The van der Waals surface area contributed by atoms with Gasteiger partial charge in [0.05, 0.1) is 53.0 Å². The molecule has 1 fully saturated rings. The zero-order valence-electron chi connectivity index (χ0n) is 31.1. The summed E-state index contributed by atoms with van der Waals surface area (Å²) in [6.45, 7) is 7.54. The van der Waals surface area contributed by atoms with Gasteiger partial charge < -0.3 is 30.0 Å². The van der Waals surface area contributed by atoms with Crippen LogP contribution in [0.15, 0.2) is 60.7 Å². The summed E-state index contributed by atoms with van der Waals surface area (Å²) in [5.41, 5.74) is 0.0562. The summed E-state index contributed by atoms with van der Waals surface area (Å²) in [5.74, 6) is -2.46. The summed E-state index contributed by atoms with van der Waals surface area (Å²) in [5, 5.41) is 15.9. The molecule has 1 heterocycles. The van der Waals surface area contributed by atoms with Crippen molar-refractivity contribution in [1.29, 1.82) is 0 Å². The van der Waals surface area contributed by atoms with Gasteiger partial charge in [0.1, 0.15) is 6.10 Å². The van der Waals surface area contributed by atoms with Gasteiger partial charge in [-0.25, -0.2) is 4.57 Å². The molecule has 0 radical (unpaired) electrons. The van der Waals surface area contributed by atoms with Gasteiger partial charge in [-0.05, 0) is 11.1 Å². The van der Waals surface area contributed by atoms with Gasteiger partial charge in [0.15, 0.2) is 10.9 Å². The van der Waals surface area contributed by atoms with E-state index in [9.17, 15) is 28.8 Å². The third kappa shape index (κ3) is 16.0. The van der Waals surface area contributed by atoms with Gasteiger partial charge in [0, 0.05) is 42.5 Å². The minimum absolute atomic E-state index is 0.0418. The molecular weight excluding hydrogens is 727 g/mol. The number of methoxy groups -OCH3 is 1. The minimum Gasteiger partial charge on any atom is -0.469 e. The number of carbonyl (C=O) groups is 4. The first kappa shape index (κ1) is 44.3. The van der Waals surface area contributed by atoms with Crippen LogP contribution in [0.4, 0.5) is 0 Å². The topological polar surface area (TPSA) is 185 Å². The highest BCUT2D eigenvalue weighted by atomic mass is 32.2. The second kappa shape index (κ2) is 21.1. The second-order valence-corrected chi connectivity index (χ2v) is 17.0. The van der Waals surface area contributed by atoms with Crippen LogP contribution in [0, 0.1) is 10.8 Å². The van der Waals surface area contributed by atoms with Crippen LogP contribution in [0.1, 0.15) is 64.5 Å². The van der Waals surface area contributed by atoms with Crippen molar-refractivity contribution in [3.05, 3.63) is 71.8 Å². The summed E-state index contributed by atoms with van der Waals surface area (Å²) in [7, 11) is -2.85. The van der Waals surface area contributed by atoms with Crippen molar-refractivity contribution in [2.75, 3.05) is 45.8 Å². The molecule has 0 aromatic heterocycles. The van der Waals surface area contributed by atoms with Crippen molar-refractivity contribution < 1.29 is 56.6 Å². The lowest BCUT2D eigenvalue weighted by Crippen LogP contribution is -2.48. The molecule has 0 aliphatic carbocycles. The number of hydrogen-bond acceptors (Lipinski definition) is 13. The van der Waals surface area contributed by atoms with Crippen LogP contribution in [-0.2, 0) is 64.7 Å². The van der Waals surface area contributed by atoms with Crippen molar-refractivity contribution in [3.8, 4) is 0 Å². The zero-order chi connectivity index (χ0) is 39.0. The maximum Gasteiger partial charge on any atom is 0.475 e. The van der Waals surface area contributed by atoms with Gasteiger partial charge >= 0.3 is 13.8 Å². The highest BCUT2D eigenvalue weighted by molar-refractivity contribution is 8.13. The molecule has 3 rings (SSSR count). The first-order chi connectivity index (χ1) is 25.1. The fourth-order valence-electron chi connectivity index (χ4n) is 4.82. The van der Waals surface area contributed by atoms with Crippen molar-refractivity contribution in [1.82, 2.24) is 10.6 Å². The molecule has 0 spiro atoms. The Bertz CT molecular complexity index is 1470. The van der Waals surface area contributed by atoms with Crippen molar-refractivity contribution >= 4 is 42.5 Å². The molecule has 53 heavy (non-hydrogen) atoms. The Kier molecular flexibility index (Phi) is 17.6. The Morgan fingerprint density at radius 3 is 2.00 bits per heavy atom. The minimum atomic E-state index is -4.14. The van der Waals surface area contributed by atoms with Gasteiger partial charge in [0.25, 0.3) is 0 Å². The van der Waals surface area contributed by atoms with Crippen molar-refractivity contribution in [2.24, 2.45) is 10.8 Å². The Morgan fingerprint density at radius 1 is 0.887 bits per heavy atom. The number of nitrogens with one attached hydrogen (secondary N) is 2. The summed E-state index contributed by atoms with van der Waals surface area (Å²) < 4.78 is 47.2. The number of phosphoric acid groups is 1. The lowest BCUT2D eigenvalue weighted by Gasteiger charge is -2.43. The largest absolute Gasteiger partial charge is 0.475 e. The molecule has 294 valence electrons. The number of rotatable bonds is 22. The molecule has 1 aliphatic rings. The molecular formula is C37H53N2O12PS. The monoisotopic (exact) mass is 780 g/mol. The number of aliphatic hydroxyl groups excluding tert-OH is 1. The first-order valence-corrected chi connectivity index (χ1v) is 19.8. The molecule has 3 N–H and O–H groups in total. The number of ether oxygens (including phenoxy) is 3. The number of amides is 2. The molecule has 1 aliphatic heterocycles. The van der Waals surface area contributed by atoms with Crippen molar-refractivity contribution in [2.45, 2.75) is 78.5 Å². The maximum absolute atomic E-state index is 13.6. The van der Waals surface area contributed by atoms with Crippen molar-refractivity contribution in [3.63, 3.8) is 0 Å². The average Bonchev–Trinajstić information content (AvgIpc) is 3.15. The molecule has 2 amide bonds. The SMILES string of the molecule is COC(=O)CCC1(CC(=O)SCCNC(=O)CCNC(=O)[C@H](O)C(C)(C)COP(=O)(OCc2ccccc2)OCc2ccccc2)OCC(C)(C)CO1. The summed E-state index contributed by atoms with van der Waals surface area (Å²) in [4.78, 5) is 49.7. The Morgan fingerprint density at radius 2 is 1.45 bits per heavy atom. The number of thioether (sulfide) groups is 1. The molecule has 16 heteroatoms. The van der Waals surface area contributed by atoms with E-state index in [4.69, 9.17) is 27.8 Å². The van der Waals surface area contributed by atoms with E-state index in [-0.39, 0.29) is 80.8 Å². The Labute approximate surface area is 316 Å². The molecule has 2 aromatic rings. The highest BCUT2D eigenvalue weighted by Crippen LogP contribution is 2.52. The quantitative estimate of drug-likeness (QED) is 0.0832. The summed E-state index contributed by atoms with van der Waals surface area (Å²) >= 11 is 1.01. The Hall–Kier alpha value is -3.14. The second-order valence-electron chi connectivity index (χ2n) is 14.1. The van der Waals surface area contributed by atoms with Crippen LogP contribution in [-0.4, -0.2) is 85.7 Å². The maximum atomic E-state index is 13.6. The van der Waals surface area contributed by atoms with Gasteiger partial charge in [-0.3, -0.25) is 32.7 Å². The summed E-state index contributed by atoms with van der Waals surface area (Å²) in [6, 6.07) is 18.2. The highest BCUT2D eigenvalue weighted by Gasteiger charge is 2.43. The van der Waals surface area contributed by atoms with Crippen LogP contribution < -0.4 is 10.6 Å². The predicted octanol–water partition coefficient (Wildman–Crippen LogP) is 4.93. The van der Waals surface area contributed by atoms with Crippen LogP contribution in [0.3, 0.4) is 0 Å². The smallest absolute Gasteiger partial charge is 0.469 e. The molecule has 0 saturated carbocycles. The van der Waals surface area contributed by atoms with Crippen LogP contribution in [0.25, 0.3) is 0 Å². The number of carbonyl (C=O) groups excluding carboxylic acids is 4. The molecule has 2 aromatic carbocycles. The molecule has 1 saturated heterocycles. The fraction of sp³-hybridized carbons (Fsp3) is 0.568. The van der Waals surface area contributed by atoms with Crippen LogP contribution in [0.2, 0.25) is 0 Å².